The van der Waals surface area contributed by atoms with E-state index in [1.807, 2.05) is 0 Å². The average molecular weight is 194 g/mol. The van der Waals surface area contributed by atoms with E-state index in [1.54, 1.807) is 0 Å². The summed E-state index contributed by atoms with van der Waals surface area (Å²) in [6.07, 6.45) is 5.79. The molecule has 0 radical (unpaired) electrons. The van der Waals surface area contributed by atoms with Crippen molar-refractivity contribution in [3.63, 3.8) is 0 Å². The highest BCUT2D eigenvalue weighted by atomic mass is 15.2. The maximum absolute atomic E-state index is 3.63. The van der Waals surface area contributed by atoms with E-state index in [2.05, 4.69) is 24.2 Å². The van der Waals surface area contributed by atoms with E-state index >= 15 is 0 Å². The molecule has 2 nitrogen and oxygen atoms in total. The van der Waals surface area contributed by atoms with Crippen LogP contribution in [0.5, 0.6) is 0 Å². The quantitative estimate of drug-likeness (QED) is 0.732. The van der Waals surface area contributed by atoms with E-state index in [1.165, 1.54) is 32.2 Å². The fourth-order valence-corrected chi connectivity index (χ4v) is 3.64. The van der Waals surface area contributed by atoms with E-state index in [9.17, 15) is 0 Å². The third-order valence-electron chi connectivity index (χ3n) is 5.06. The lowest BCUT2D eigenvalue weighted by atomic mass is 9.69. The van der Waals surface area contributed by atoms with Gasteiger partial charge in [-0.25, -0.2) is 0 Å². The van der Waals surface area contributed by atoms with Crippen LogP contribution in [0.25, 0.3) is 0 Å². The van der Waals surface area contributed by atoms with Crippen LogP contribution in [0, 0.1) is 11.8 Å². The molecule has 2 saturated carbocycles. The molecule has 0 amide bonds. The molecule has 2 aliphatic heterocycles. The van der Waals surface area contributed by atoms with Crippen molar-refractivity contribution >= 4 is 0 Å². The van der Waals surface area contributed by atoms with Crippen molar-refractivity contribution < 1.29 is 0 Å². The van der Waals surface area contributed by atoms with E-state index in [-0.39, 0.29) is 0 Å². The Bertz CT molecular complexity index is 210. The minimum Gasteiger partial charge on any atom is -0.313 e. The standard InChI is InChI=1S/C12H22N2/c1-8(14(2)10-4-3-5-10)12-9-6-11(12)13-7-9/h8-13H,3-7H2,1-2H3. The largest absolute Gasteiger partial charge is 0.313 e. The lowest BCUT2D eigenvalue weighted by Crippen LogP contribution is -2.53. The molecule has 2 saturated heterocycles. The van der Waals surface area contributed by atoms with E-state index in [0.717, 1.165) is 30.0 Å². The smallest absolute Gasteiger partial charge is 0.0117 e. The first kappa shape index (κ1) is 9.17. The topological polar surface area (TPSA) is 15.3 Å². The summed E-state index contributed by atoms with van der Waals surface area (Å²) in [4.78, 5) is 2.65. The van der Waals surface area contributed by atoms with Crippen LogP contribution in [0.1, 0.15) is 32.6 Å². The van der Waals surface area contributed by atoms with E-state index in [4.69, 9.17) is 0 Å². The van der Waals surface area contributed by atoms with Crippen molar-refractivity contribution in [1.29, 1.82) is 0 Å². The minimum atomic E-state index is 0.805. The third-order valence-corrected chi connectivity index (χ3v) is 5.06. The van der Waals surface area contributed by atoms with Crippen LogP contribution in [0.15, 0.2) is 0 Å². The summed E-state index contributed by atoms with van der Waals surface area (Å²) in [5, 5.41) is 3.63. The first-order valence-corrected chi connectivity index (χ1v) is 6.22. The SMILES string of the molecule is CC(C1C2CNC1C2)N(C)C1CCC1. The molecule has 4 rings (SSSR count). The van der Waals surface area contributed by atoms with Crippen LogP contribution in [0.3, 0.4) is 0 Å². The molecule has 4 atom stereocenters. The van der Waals surface area contributed by atoms with Gasteiger partial charge in [0.25, 0.3) is 0 Å². The Balaban J connectivity index is 1.61. The van der Waals surface area contributed by atoms with Gasteiger partial charge in [-0.1, -0.05) is 6.42 Å². The van der Waals surface area contributed by atoms with Gasteiger partial charge in [-0.05, 0) is 51.6 Å². The molecule has 2 bridgehead atoms. The highest BCUT2D eigenvalue weighted by Crippen LogP contribution is 2.44. The van der Waals surface area contributed by atoms with Gasteiger partial charge in [-0.15, -0.1) is 0 Å². The second-order valence-electron chi connectivity index (χ2n) is 5.58. The lowest BCUT2D eigenvalue weighted by Gasteiger charge is -2.47. The fourth-order valence-electron chi connectivity index (χ4n) is 3.64. The molecule has 80 valence electrons. The maximum atomic E-state index is 3.63. The second-order valence-corrected chi connectivity index (χ2v) is 5.58. The molecule has 4 fully saturated rings. The van der Waals surface area contributed by atoms with Crippen LogP contribution in [-0.2, 0) is 0 Å². The molecular formula is C12H22N2. The molecule has 0 aromatic heterocycles. The Kier molecular flexibility index (Phi) is 2.10. The zero-order chi connectivity index (χ0) is 9.71. The summed E-state index contributed by atoms with van der Waals surface area (Å²) in [7, 11) is 2.34. The Labute approximate surface area is 87.0 Å². The predicted molar refractivity (Wildman–Crippen MR) is 58.3 cm³/mol. The average Bonchev–Trinajstić information content (AvgIpc) is 2.59. The molecule has 0 aromatic rings. The monoisotopic (exact) mass is 194 g/mol. The molecule has 0 aromatic carbocycles. The molecule has 4 aliphatic rings. The molecule has 14 heavy (non-hydrogen) atoms. The fraction of sp³-hybridized carbons (Fsp3) is 1.00. The van der Waals surface area contributed by atoms with Crippen LogP contribution < -0.4 is 5.32 Å². The van der Waals surface area contributed by atoms with Gasteiger partial charge in [0, 0.05) is 18.1 Å². The number of fused-ring (bicyclic) bond motifs is 1. The van der Waals surface area contributed by atoms with Gasteiger partial charge in [0.05, 0.1) is 0 Å². The van der Waals surface area contributed by atoms with Crippen LogP contribution in [0.2, 0.25) is 0 Å². The van der Waals surface area contributed by atoms with Gasteiger partial charge >= 0.3 is 0 Å². The number of nitrogens with zero attached hydrogens (tertiary/aromatic N) is 1. The maximum Gasteiger partial charge on any atom is 0.0117 e. The normalized spacial score (nSPS) is 43.5. The highest BCUT2D eigenvalue weighted by molar-refractivity contribution is 5.06. The molecule has 4 unspecified atom stereocenters. The van der Waals surface area contributed by atoms with Crippen molar-refractivity contribution in [2.45, 2.75) is 50.7 Å². The van der Waals surface area contributed by atoms with Crippen LogP contribution in [-0.4, -0.2) is 36.6 Å². The Hall–Kier alpha value is -0.0800. The zero-order valence-electron chi connectivity index (χ0n) is 9.37. The van der Waals surface area contributed by atoms with Crippen molar-refractivity contribution in [2.75, 3.05) is 13.6 Å². The summed E-state index contributed by atoms with van der Waals surface area (Å²) in [6.45, 7) is 3.73. The molecular weight excluding hydrogens is 172 g/mol. The van der Waals surface area contributed by atoms with Crippen molar-refractivity contribution in [3.8, 4) is 0 Å². The molecule has 2 heterocycles. The Morgan fingerprint density at radius 2 is 2.14 bits per heavy atom. The number of hydrogen-bond donors (Lipinski definition) is 1. The summed E-state index contributed by atoms with van der Waals surface area (Å²) < 4.78 is 0. The summed E-state index contributed by atoms with van der Waals surface area (Å²) in [5.74, 6) is 1.96. The third kappa shape index (κ3) is 1.17. The van der Waals surface area contributed by atoms with Gasteiger partial charge in [0.15, 0.2) is 0 Å². The van der Waals surface area contributed by atoms with Gasteiger partial charge in [-0.3, -0.25) is 0 Å². The van der Waals surface area contributed by atoms with Gasteiger partial charge in [0.1, 0.15) is 0 Å². The van der Waals surface area contributed by atoms with E-state index < -0.39 is 0 Å². The summed E-state index contributed by atoms with van der Waals surface area (Å²) >= 11 is 0. The molecule has 2 heteroatoms. The van der Waals surface area contributed by atoms with Gasteiger partial charge in [0.2, 0.25) is 0 Å². The summed E-state index contributed by atoms with van der Waals surface area (Å²) in [6, 6.07) is 2.57. The van der Waals surface area contributed by atoms with Crippen LogP contribution >= 0.6 is 0 Å². The van der Waals surface area contributed by atoms with Crippen LogP contribution in [0.4, 0.5) is 0 Å². The first-order chi connectivity index (χ1) is 6.77. The molecule has 2 aliphatic carbocycles. The summed E-state index contributed by atoms with van der Waals surface area (Å²) in [5.41, 5.74) is 0. The predicted octanol–water partition coefficient (Wildman–Crippen LogP) is 1.47. The minimum absolute atomic E-state index is 0.805. The molecule has 0 spiro atoms. The van der Waals surface area contributed by atoms with E-state index in [0.29, 0.717) is 0 Å². The highest BCUT2D eigenvalue weighted by Gasteiger charge is 2.50. The number of rotatable bonds is 3. The van der Waals surface area contributed by atoms with Crippen molar-refractivity contribution in [3.05, 3.63) is 0 Å². The van der Waals surface area contributed by atoms with Gasteiger partial charge < -0.3 is 10.2 Å². The Morgan fingerprint density at radius 3 is 2.57 bits per heavy atom. The van der Waals surface area contributed by atoms with Crippen molar-refractivity contribution in [2.24, 2.45) is 11.8 Å². The number of nitrogens with one attached hydrogen (secondary N) is 1. The van der Waals surface area contributed by atoms with Crippen molar-refractivity contribution in [1.82, 2.24) is 10.2 Å². The molecule has 1 N–H and O–H groups in total. The Morgan fingerprint density at radius 1 is 1.36 bits per heavy atom. The first-order valence-electron chi connectivity index (χ1n) is 6.22. The number of hydrogen-bond acceptors (Lipinski definition) is 2. The second kappa shape index (κ2) is 3.21. The zero-order valence-corrected chi connectivity index (χ0v) is 9.37. The lowest BCUT2D eigenvalue weighted by molar-refractivity contribution is 0.0347. The van der Waals surface area contributed by atoms with Gasteiger partial charge in [-0.2, -0.15) is 0 Å².